The Bertz CT molecular complexity index is 917. The number of nitrogens with zero attached hydrogens (tertiary/aromatic N) is 2. The summed E-state index contributed by atoms with van der Waals surface area (Å²) in [6, 6.07) is 9.57. The number of imidazole rings is 1. The number of carboxylic acid groups (broad SMARTS) is 2. The minimum Gasteiger partial charge on any atom is -0.478 e. The summed E-state index contributed by atoms with van der Waals surface area (Å²) in [6.07, 6.45) is 1.33. The van der Waals surface area contributed by atoms with Crippen molar-refractivity contribution in [2.24, 2.45) is 0 Å². The summed E-state index contributed by atoms with van der Waals surface area (Å²) < 4.78 is 1.42. The third kappa shape index (κ3) is 2.19. The molecule has 2 heterocycles. The molecule has 0 unspecified atom stereocenters. The van der Waals surface area contributed by atoms with Gasteiger partial charge in [-0.2, -0.15) is 0 Å². The minimum atomic E-state index is -1.20. The number of hydrogen-bond donors (Lipinski definition) is 2. The lowest BCUT2D eigenvalue weighted by atomic mass is 10.2. The van der Waals surface area contributed by atoms with Gasteiger partial charge >= 0.3 is 11.9 Å². The summed E-state index contributed by atoms with van der Waals surface area (Å²) in [5.74, 6) is -2.03. The lowest BCUT2D eigenvalue weighted by Crippen LogP contribution is -2.00. The van der Waals surface area contributed by atoms with Crippen molar-refractivity contribution in [3.63, 3.8) is 0 Å². The summed E-state index contributed by atoms with van der Waals surface area (Å²) in [6.45, 7) is 0. The van der Waals surface area contributed by atoms with E-state index >= 15 is 0 Å². The number of halogens is 1. The highest BCUT2D eigenvalue weighted by Gasteiger charge is 2.20. The second-order valence-corrected chi connectivity index (χ2v) is 4.95. The van der Waals surface area contributed by atoms with Crippen LogP contribution in [0.25, 0.3) is 16.9 Å². The standard InChI is InChI=1S/C15H9ClN2O4/c16-10-4-2-1-3-9(10)13-17-12(15(21)22)11-6-5-8(14(19)20)7-18(11)13/h1-7H,(H,19,20)(H,21,22). The van der Waals surface area contributed by atoms with Gasteiger partial charge in [-0.05, 0) is 24.3 Å². The molecule has 0 radical (unpaired) electrons. The van der Waals surface area contributed by atoms with Crippen LogP contribution in [0.1, 0.15) is 20.8 Å². The van der Waals surface area contributed by atoms with Crippen LogP contribution in [-0.2, 0) is 0 Å². The topological polar surface area (TPSA) is 91.9 Å². The molecule has 0 aliphatic heterocycles. The van der Waals surface area contributed by atoms with E-state index in [9.17, 15) is 14.7 Å². The van der Waals surface area contributed by atoms with Gasteiger partial charge in [0, 0.05) is 11.8 Å². The molecule has 0 aliphatic rings. The Morgan fingerprint density at radius 3 is 2.41 bits per heavy atom. The first kappa shape index (κ1) is 14.1. The first-order valence-electron chi connectivity index (χ1n) is 6.22. The molecule has 0 aliphatic carbocycles. The fraction of sp³-hybridized carbons (Fsp3) is 0. The Morgan fingerprint density at radius 2 is 1.77 bits per heavy atom. The molecule has 0 saturated heterocycles. The van der Waals surface area contributed by atoms with Crippen molar-refractivity contribution in [2.75, 3.05) is 0 Å². The zero-order valence-electron chi connectivity index (χ0n) is 11.0. The molecular formula is C15H9ClN2O4. The molecule has 0 saturated carbocycles. The quantitative estimate of drug-likeness (QED) is 0.774. The molecule has 110 valence electrons. The van der Waals surface area contributed by atoms with Gasteiger partial charge in [-0.25, -0.2) is 14.6 Å². The summed E-state index contributed by atoms with van der Waals surface area (Å²) in [4.78, 5) is 26.6. The van der Waals surface area contributed by atoms with Crippen molar-refractivity contribution in [2.45, 2.75) is 0 Å². The zero-order chi connectivity index (χ0) is 15.9. The number of aromatic nitrogens is 2. The molecule has 2 aromatic heterocycles. The number of aromatic carboxylic acids is 2. The minimum absolute atomic E-state index is 0.0233. The van der Waals surface area contributed by atoms with E-state index in [1.807, 2.05) is 0 Å². The SMILES string of the molecule is O=C(O)c1ccc2c(C(=O)O)nc(-c3ccccc3Cl)n2c1. The number of benzene rings is 1. The van der Waals surface area contributed by atoms with Gasteiger partial charge in [0.25, 0.3) is 0 Å². The molecule has 3 aromatic rings. The third-order valence-electron chi connectivity index (χ3n) is 3.20. The predicted octanol–water partition coefficient (Wildman–Crippen LogP) is 3.05. The highest BCUT2D eigenvalue weighted by Crippen LogP contribution is 2.29. The Labute approximate surface area is 129 Å². The molecule has 0 atom stereocenters. The first-order chi connectivity index (χ1) is 10.5. The van der Waals surface area contributed by atoms with E-state index in [1.165, 1.54) is 22.7 Å². The Hall–Kier alpha value is -2.86. The van der Waals surface area contributed by atoms with E-state index in [0.29, 0.717) is 16.1 Å². The van der Waals surface area contributed by atoms with Gasteiger partial charge in [0.05, 0.1) is 16.1 Å². The fourth-order valence-electron chi connectivity index (χ4n) is 2.20. The van der Waals surface area contributed by atoms with Gasteiger partial charge in [-0.3, -0.25) is 4.40 Å². The van der Waals surface area contributed by atoms with Crippen molar-refractivity contribution < 1.29 is 19.8 Å². The maximum absolute atomic E-state index is 11.3. The van der Waals surface area contributed by atoms with Crippen LogP contribution in [0.4, 0.5) is 0 Å². The van der Waals surface area contributed by atoms with E-state index < -0.39 is 11.9 Å². The number of pyridine rings is 1. The molecular weight excluding hydrogens is 308 g/mol. The predicted molar refractivity (Wildman–Crippen MR) is 79.6 cm³/mol. The molecule has 1 aromatic carbocycles. The highest BCUT2D eigenvalue weighted by atomic mass is 35.5. The molecule has 22 heavy (non-hydrogen) atoms. The van der Waals surface area contributed by atoms with Gasteiger partial charge in [0.15, 0.2) is 5.69 Å². The van der Waals surface area contributed by atoms with Crippen LogP contribution >= 0.6 is 11.6 Å². The molecule has 6 nitrogen and oxygen atoms in total. The number of carboxylic acids is 2. The van der Waals surface area contributed by atoms with Crippen molar-refractivity contribution in [3.8, 4) is 11.4 Å². The number of fused-ring (bicyclic) bond motifs is 1. The Balaban J connectivity index is 2.38. The lowest BCUT2D eigenvalue weighted by molar-refractivity contribution is 0.0685. The third-order valence-corrected chi connectivity index (χ3v) is 3.53. The van der Waals surface area contributed by atoms with Crippen LogP contribution in [0.3, 0.4) is 0 Å². The van der Waals surface area contributed by atoms with E-state index in [0.717, 1.165) is 0 Å². The summed E-state index contributed by atoms with van der Waals surface area (Å²) >= 11 is 6.13. The largest absolute Gasteiger partial charge is 0.478 e. The zero-order valence-corrected chi connectivity index (χ0v) is 11.8. The van der Waals surface area contributed by atoms with Gasteiger partial charge < -0.3 is 10.2 Å². The van der Waals surface area contributed by atoms with Crippen LogP contribution in [-0.4, -0.2) is 31.5 Å². The Morgan fingerprint density at radius 1 is 1.05 bits per heavy atom. The van der Waals surface area contributed by atoms with Gasteiger partial charge in [0.2, 0.25) is 0 Å². The monoisotopic (exact) mass is 316 g/mol. The smallest absolute Gasteiger partial charge is 0.356 e. The maximum Gasteiger partial charge on any atom is 0.356 e. The fourth-order valence-corrected chi connectivity index (χ4v) is 2.42. The van der Waals surface area contributed by atoms with Gasteiger partial charge in [-0.15, -0.1) is 0 Å². The van der Waals surface area contributed by atoms with Crippen LogP contribution in [0, 0.1) is 0 Å². The van der Waals surface area contributed by atoms with Crippen molar-refractivity contribution >= 4 is 29.1 Å². The summed E-state index contributed by atoms with van der Waals surface area (Å²) in [7, 11) is 0. The number of carbonyl (C=O) groups is 2. The highest BCUT2D eigenvalue weighted by molar-refractivity contribution is 6.33. The van der Waals surface area contributed by atoms with Gasteiger partial charge in [-0.1, -0.05) is 23.7 Å². The van der Waals surface area contributed by atoms with Crippen molar-refractivity contribution in [1.29, 1.82) is 0 Å². The van der Waals surface area contributed by atoms with Crippen LogP contribution < -0.4 is 0 Å². The van der Waals surface area contributed by atoms with Crippen molar-refractivity contribution in [1.82, 2.24) is 9.38 Å². The van der Waals surface area contributed by atoms with Crippen LogP contribution in [0.2, 0.25) is 5.02 Å². The Kier molecular flexibility index (Phi) is 3.30. The number of hydrogen-bond acceptors (Lipinski definition) is 3. The number of rotatable bonds is 3. The van der Waals surface area contributed by atoms with Crippen molar-refractivity contribution in [3.05, 3.63) is 58.9 Å². The average molecular weight is 317 g/mol. The average Bonchev–Trinajstić information content (AvgIpc) is 2.86. The summed E-state index contributed by atoms with van der Waals surface area (Å²) in [5, 5.41) is 18.8. The second-order valence-electron chi connectivity index (χ2n) is 4.55. The molecule has 0 amide bonds. The molecule has 0 fully saturated rings. The van der Waals surface area contributed by atoms with E-state index in [-0.39, 0.29) is 17.1 Å². The van der Waals surface area contributed by atoms with E-state index in [1.54, 1.807) is 24.3 Å². The molecule has 2 N–H and O–H groups in total. The van der Waals surface area contributed by atoms with E-state index in [4.69, 9.17) is 16.7 Å². The summed E-state index contributed by atoms with van der Waals surface area (Å²) in [5.41, 5.74) is 0.684. The normalized spacial score (nSPS) is 10.8. The first-order valence-corrected chi connectivity index (χ1v) is 6.60. The van der Waals surface area contributed by atoms with Crippen LogP contribution in [0.5, 0.6) is 0 Å². The maximum atomic E-state index is 11.3. The molecule has 3 rings (SSSR count). The van der Waals surface area contributed by atoms with E-state index in [2.05, 4.69) is 4.98 Å². The second kappa shape index (κ2) is 5.16. The lowest BCUT2D eigenvalue weighted by Gasteiger charge is -2.04. The molecule has 7 heteroatoms. The molecule has 0 bridgehead atoms. The molecule has 0 spiro atoms. The van der Waals surface area contributed by atoms with Gasteiger partial charge in [0.1, 0.15) is 5.82 Å². The van der Waals surface area contributed by atoms with Crippen LogP contribution in [0.15, 0.2) is 42.6 Å².